The summed E-state index contributed by atoms with van der Waals surface area (Å²) in [4.78, 5) is 4.67. The molecule has 1 saturated heterocycles. The lowest BCUT2D eigenvalue weighted by molar-refractivity contribution is 0.171. The molecule has 1 rings (SSSR count). The number of rotatable bonds is 3. The maximum absolute atomic E-state index is 3.83. The standard InChI is InChI=1S/C11H21N3/c1-5-13-6-7-14(10(2)3)9-11(13)8-12-4/h5,8,10,12H,1,6-7,9H2,2-4H3/b11-8-. The van der Waals surface area contributed by atoms with Crippen LogP contribution in [0.15, 0.2) is 24.7 Å². The van der Waals surface area contributed by atoms with Crippen molar-refractivity contribution in [3.05, 3.63) is 24.7 Å². The largest absolute Gasteiger partial charge is 0.393 e. The summed E-state index contributed by atoms with van der Waals surface area (Å²) in [5.41, 5.74) is 1.29. The monoisotopic (exact) mass is 195 g/mol. The fraction of sp³-hybridized carbons (Fsp3) is 0.636. The molecule has 1 fully saturated rings. The van der Waals surface area contributed by atoms with Crippen molar-refractivity contribution in [1.29, 1.82) is 0 Å². The first-order valence-electron chi connectivity index (χ1n) is 5.18. The SMILES string of the molecule is C=CN1CCN(C(C)C)C/C1=C/NC. The molecular weight excluding hydrogens is 174 g/mol. The van der Waals surface area contributed by atoms with Crippen molar-refractivity contribution in [2.75, 3.05) is 26.7 Å². The minimum atomic E-state index is 0.613. The first-order chi connectivity index (χ1) is 6.69. The summed E-state index contributed by atoms with van der Waals surface area (Å²) < 4.78 is 0. The van der Waals surface area contributed by atoms with Crippen LogP contribution in [0.1, 0.15) is 13.8 Å². The van der Waals surface area contributed by atoms with Gasteiger partial charge in [0.1, 0.15) is 0 Å². The van der Waals surface area contributed by atoms with Crippen LogP contribution in [-0.4, -0.2) is 42.5 Å². The third-order valence-corrected chi connectivity index (χ3v) is 2.62. The van der Waals surface area contributed by atoms with E-state index in [-0.39, 0.29) is 0 Å². The Labute approximate surface area is 87.1 Å². The number of hydrogen-bond acceptors (Lipinski definition) is 3. The number of nitrogens with one attached hydrogen (secondary N) is 1. The molecule has 0 atom stereocenters. The van der Waals surface area contributed by atoms with Crippen LogP contribution in [0.3, 0.4) is 0 Å². The van der Waals surface area contributed by atoms with E-state index in [9.17, 15) is 0 Å². The quantitative estimate of drug-likeness (QED) is 0.730. The van der Waals surface area contributed by atoms with E-state index in [1.54, 1.807) is 0 Å². The summed E-state index contributed by atoms with van der Waals surface area (Å²) >= 11 is 0. The highest BCUT2D eigenvalue weighted by molar-refractivity contribution is 5.09. The molecule has 0 saturated carbocycles. The zero-order valence-corrected chi connectivity index (χ0v) is 9.45. The fourth-order valence-electron chi connectivity index (χ4n) is 1.70. The fourth-order valence-corrected chi connectivity index (χ4v) is 1.70. The van der Waals surface area contributed by atoms with Gasteiger partial charge in [0.15, 0.2) is 0 Å². The van der Waals surface area contributed by atoms with E-state index in [0.29, 0.717) is 6.04 Å². The molecule has 3 heteroatoms. The van der Waals surface area contributed by atoms with Gasteiger partial charge in [0, 0.05) is 44.6 Å². The van der Waals surface area contributed by atoms with Crippen molar-refractivity contribution >= 4 is 0 Å². The predicted molar refractivity (Wildman–Crippen MR) is 60.8 cm³/mol. The number of nitrogens with zero attached hydrogens (tertiary/aromatic N) is 2. The van der Waals surface area contributed by atoms with Crippen molar-refractivity contribution < 1.29 is 0 Å². The van der Waals surface area contributed by atoms with Crippen molar-refractivity contribution in [2.45, 2.75) is 19.9 Å². The lowest BCUT2D eigenvalue weighted by Crippen LogP contribution is -2.45. The minimum absolute atomic E-state index is 0.613. The highest BCUT2D eigenvalue weighted by Gasteiger charge is 2.20. The molecule has 0 amide bonds. The van der Waals surface area contributed by atoms with Gasteiger partial charge in [0.25, 0.3) is 0 Å². The summed E-state index contributed by atoms with van der Waals surface area (Å²) in [6.07, 6.45) is 3.96. The van der Waals surface area contributed by atoms with Gasteiger partial charge in [-0.25, -0.2) is 0 Å². The summed E-state index contributed by atoms with van der Waals surface area (Å²) in [5.74, 6) is 0. The van der Waals surface area contributed by atoms with Crippen LogP contribution in [0.25, 0.3) is 0 Å². The van der Waals surface area contributed by atoms with Crippen molar-refractivity contribution in [2.24, 2.45) is 0 Å². The van der Waals surface area contributed by atoms with Gasteiger partial charge < -0.3 is 10.2 Å². The molecule has 14 heavy (non-hydrogen) atoms. The van der Waals surface area contributed by atoms with Crippen molar-refractivity contribution in [3.63, 3.8) is 0 Å². The Morgan fingerprint density at radius 3 is 2.64 bits per heavy atom. The molecule has 1 aliphatic heterocycles. The molecule has 0 aliphatic carbocycles. The Morgan fingerprint density at radius 1 is 1.43 bits per heavy atom. The molecule has 0 unspecified atom stereocenters. The van der Waals surface area contributed by atoms with Crippen LogP contribution in [0.5, 0.6) is 0 Å². The zero-order chi connectivity index (χ0) is 10.6. The van der Waals surface area contributed by atoms with E-state index in [1.165, 1.54) is 5.70 Å². The first kappa shape index (κ1) is 11.1. The average molecular weight is 195 g/mol. The Kier molecular flexibility index (Phi) is 4.01. The second-order valence-corrected chi connectivity index (χ2v) is 3.86. The van der Waals surface area contributed by atoms with Crippen LogP contribution in [-0.2, 0) is 0 Å². The van der Waals surface area contributed by atoms with Gasteiger partial charge in [0.05, 0.1) is 0 Å². The Bertz CT molecular complexity index is 221. The highest BCUT2D eigenvalue weighted by atomic mass is 15.3. The van der Waals surface area contributed by atoms with E-state index >= 15 is 0 Å². The topological polar surface area (TPSA) is 18.5 Å². The third kappa shape index (κ3) is 2.51. The van der Waals surface area contributed by atoms with Gasteiger partial charge in [-0.05, 0) is 20.0 Å². The van der Waals surface area contributed by atoms with Crippen LogP contribution in [0, 0.1) is 0 Å². The lowest BCUT2D eigenvalue weighted by atomic mass is 10.2. The molecule has 1 N–H and O–H groups in total. The van der Waals surface area contributed by atoms with Gasteiger partial charge in [-0.3, -0.25) is 4.90 Å². The molecule has 0 aromatic carbocycles. The Balaban J connectivity index is 2.66. The maximum Gasteiger partial charge on any atom is 0.0475 e. The van der Waals surface area contributed by atoms with E-state index in [1.807, 2.05) is 13.2 Å². The summed E-state index contributed by atoms with van der Waals surface area (Å²) in [5, 5.41) is 3.08. The van der Waals surface area contributed by atoms with Crippen LogP contribution in [0.2, 0.25) is 0 Å². The van der Waals surface area contributed by atoms with E-state index in [4.69, 9.17) is 0 Å². The van der Waals surface area contributed by atoms with Crippen LogP contribution >= 0.6 is 0 Å². The van der Waals surface area contributed by atoms with Crippen molar-refractivity contribution in [3.8, 4) is 0 Å². The van der Waals surface area contributed by atoms with Crippen LogP contribution < -0.4 is 5.32 Å². The predicted octanol–water partition coefficient (Wildman–Crippen LogP) is 1.22. The minimum Gasteiger partial charge on any atom is -0.393 e. The maximum atomic E-state index is 3.83. The van der Waals surface area contributed by atoms with Gasteiger partial charge in [0.2, 0.25) is 0 Å². The molecule has 0 aromatic rings. The molecule has 0 spiro atoms. The molecule has 0 bridgehead atoms. The van der Waals surface area contributed by atoms with Gasteiger partial charge >= 0.3 is 0 Å². The third-order valence-electron chi connectivity index (χ3n) is 2.62. The normalized spacial score (nSPS) is 21.7. The second-order valence-electron chi connectivity index (χ2n) is 3.86. The molecule has 0 radical (unpaired) electrons. The first-order valence-corrected chi connectivity index (χ1v) is 5.18. The number of hydrogen-bond donors (Lipinski definition) is 1. The molecule has 0 aromatic heterocycles. The highest BCUT2D eigenvalue weighted by Crippen LogP contribution is 2.14. The molecule has 80 valence electrons. The zero-order valence-electron chi connectivity index (χ0n) is 9.45. The lowest BCUT2D eigenvalue weighted by Gasteiger charge is -2.38. The smallest absolute Gasteiger partial charge is 0.0475 e. The number of piperazine rings is 1. The molecular formula is C11H21N3. The average Bonchev–Trinajstić information content (AvgIpc) is 2.18. The Morgan fingerprint density at radius 2 is 2.14 bits per heavy atom. The van der Waals surface area contributed by atoms with Gasteiger partial charge in [-0.15, -0.1) is 0 Å². The molecule has 1 heterocycles. The van der Waals surface area contributed by atoms with Gasteiger partial charge in [-0.1, -0.05) is 6.58 Å². The van der Waals surface area contributed by atoms with Gasteiger partial charge in [-0.2, -0.15) is 0 Å². The summed E-state index contributed by atoms with van der Waals surface area (Å²) in [6, 6.07) is 0.613. The van der Waals surface area contributed by atoms with Crippen LogP contribution in [0.4, 0.5) is 0 Å². The molecule has 1 aliphatic rings. The summed E-state index contributed by atoms with van der Waals surface area (Å²) in [6.45, 7) is 11.5. The van der Waals surface area contributed by atoms with E-state index in [0.717, 1.165) is 19.6 Å². The van der Waals surface area contributed by atoms with E-state index in [2.05, 4.69) is 41.7 Å². The van der Waals surface area contributed by atoms with Crippen molar-refractivity contribution in [1.82, 2.24) is 15.1 Å². The second kappa shape index (κ2) is 5.05. The summed E-state index contributed by atoms with van der Waals surface area (Å²) in [7, 11) is 1.93. The molecule has 3 nitrogen and oxygen atoms in total. The van der Waals surface area contributed by atoms with E-state index < -0.39 is 0 Å². The Hall–Kier alpha value is -0.960.